The van der Waals surface area contributed by atoms with Gasteiger partial charge in [-0.2, -0.15) is 0 Å². The molecule has 1 aliphatic heterocycles. The first kappa shape index (κ1) is 13.6. The molecular weight excluding hydrogens is 248 g/mol. The molecule has 1 aromatic rings. The average molecular weight is 272 g/mol. The second-order valence-electron chi connectivity index (χ2n) is 6.25. The highest BCUT2D eigenvalue weighted by atomic mass is 16.2. The Morgan fingerprint density at radius 2 is 2.10 bits per heavy atom. The molecule has 2 unspecified atom stereocenters. The monoisotopic (exact) mass is 272 g/mol. The number of hydrogen-bond acceptors (Lipinski definition) is 2. The zero-order valence-corrected chi connectivity index (χ0v) is 12.3. The Hall–Kier alpha value is -1.35. The number of hydrogen-bond donors (Lipinski definition) is 1. The number of piperidine rings is 1. The fourth-order valence-corrected chi connectivity index (χ4v) is 3.57. The van der Waals surface area contributed by atoms with Gasteiger partial charge in [0, 0.05) is 6.54 Å². The number of carbonyl (C=O) groups is 1. The van der Waals surface area contributed by atoms with E-state index in [1.54, 1.807) is 0 Å². The van der Waals surface area contributed by atoms with Crippen LogP contribution in [-0.4, -0.2) is 30.9 Å². The third kappa shape index (κ3) is 2.88. The number of likely N-dealkylation sites (tertiary alicyclic amines) is 1. The Balaban J connectivity index is 1.68. The second-order valence-corrected chi connectivity index (χ2v) is 6.25. The first-order valence-electron chi connectivity index (χ1n) is 7.81. The molecule has 20 heavy (non-hydrogen) atoms. The number of amides is 1. The quantitative estimate of drug-likeness (QED) is 0.897. The number of nitrogens with zero attached hydrogens (tertiary/aromatic N) is 1. The molecule has 1 heterocycles. The van der Waals surface area contributed by atoms with Crippen molar-refractivity contribution in [1.29, 1.82) is 0 Å². The highest BCUT2D eigenvalue weighted by Gasteiger charge is 2.27. The van der Waals surface area contributed by atoms with Crippen molar-refractivity contribution in [3.63, 3.8) is 0 Å². The number of carbonyl (C=O) groups excluding carboxylic acids is 1. The standard InChI is InChI=1S/C17H24N2O/c1-19-11-5-8-14(12-19)17(20)18-16-10-4-7-13-6-2-3-9-15(13)16/h2-3,6,9,14,16H,4-5,7-8,10-12H2,1H3,(H,18,20). The molecule has 2 aliphatic rings. The second kappa shape index (κ2) is 5.96. The predicted octanol–water partition coefficient (Wildman–Crippen LogP) is 2.52. The summed E-state index contributed by atoms with van der Waals surface area (Å²) in [5.74, 6) is 0.418. The highest BCUT2D eigenvalue weighted by molar-refractivity contribution is 5.79. The minimum absolute atomic E-state index is 0.169. The van der Waals surface area contributed by atoms with Crippen molar-refractivity contribution in [1.82, 2.24) is 10.2 Å². The minimum atomic E-state index is 0.169. The molecule has 2 atom stereocenters. The zero-order chi connectivity index (χ0) is 13.9. The molecule has 1 aliphatic carbocycles. The van der Waals surface area contributed by atoms with Crippen LogP contribution in [0.15, 0.2) is 24.3 Å². The summed E-state index contributed by atoms with van der Waals surface area (Å²) in [5.41, 5.74) is 2.74. The molecule has 108 valence electrons. The Labute approximate surface area is 121 Å². The SMILES string of the molecule is CN1CCCC(C(=O)NC2CCCc3ccccc32)C1. The molecule has 0 radical (unpaired) electrons. The molecule has 0 spiro atoms. The van der Waals surface area contributed by atoms with Crippen LogP contribution in [0.25, 0.3) is 0 Å². The predicted molar refractivity (Wildman–Crippen MR) is 80.5 cm³/mol. The maximum absolute atomic E-state index is 12.5. The van der Waals surface area contributed by atoms with Crippen LogP contribution in [0.1, 0.15) is 42.9 Å². The summed E-state index contributed by atoms with van der Waals surface area (Å²) < 4.78 is 0. The van der Waals surface area contributed by atoms with Crippen LogP contribution in [0.3, 0.4) is 0 Å². The third-order valence-electron chi connectivity index (χ3n) is 4.68. The minimum Gasteiger partial charge on any atom is -0.349 e. The van der Waals surface area contributed by atoms with E-state index >= 15 is 0 Å². The molecule has 0 saturated carbocycles. The number of benzene rings is 1. The van der Waals surface area contributed by atoms with Gasteiger partial charge in [-0.15, -0.1) is 0 Å². The fraction of sp³-hybridized carbons (Fsp3) is 0.588. The van der Waals surface area contributed by atoms with Crippen LogP contribution >= 0.6 is 0 Å². The van der Waals surface area contributed by atoms with Crippen LogP contribution in [0.5, 0.6) is 0 Å². The fourth-order valence-electron chi connectivity index (χ4n) is 3.57. The van der Waals surface area contributed by atoms with Gasteiger partial charge in [0.2, 0.25) is 5.91 Å². The number of nitrogens with one attached hydrogen (secondary N) is 1. The molecule has 1 saturated heterocycles. The van der Waals surface area contributed by atoms with Crippen LogP contribution in [0, 0.1) is 5.92 Å². The summed E-state index contributed by atoms with van der Waals surface area (Å²) in [7, 11) is 2.11. The van der Waals surface area contributed by atoms with Crippen molar-refractivity contribution in [2.75, 3.05) is 20.1 Å². The lowest BCUT2D eigenvalue weighted by atomic mass is 9.87. The Kier molecular flexibility index (Phi) is 4.06. The topological polar surface area (TPSA) is 32.3 Å². The van der Waals surface area contributed by atoms with Gasteiger partial charge >= 0.3 is 0 Å². The Bertz CT molecular complexity index is 486. The van der Waals surface area contributed by atoms with Crippen molar-refractivity contribution in [2.45, 2.75) is 38.1 Å². The third-order valence-corrected chi connectivity index (χ3v) is 4.68. The molecule has 3 nitrogen and oxygen atoms in total. The van der Waals surface area contributed by atoms with E-state index in [-0.39, 0.29) is 17.9 Å². The Morgan fingerprint density at radius 3 is 2.95 bits per heavy atom. The van der Waals surface area contributed by atoms with Gasteiger partial charge in [0.05, 0.1) is 12.0 Å². The number of aryl methyl sites for hydroxylation is 1. The van der Waals surface area contributed by atoms with Gasteiger partial charge in [-0.05, 0) is 56.8 Å². The van der Waals surface area contributed by atoms with E-state index in [0.29, 0.717) is 0 Å². The molecule has 1 aromatic carbocycles. The van der Waals surface area contributed by atoms with E-state index in [4.69, 9.17) is 0 Å². The highest BCUT2D eigenvalue weighted by Crippen LogP contribution is 2.30. The van der Waals surface area contributed by atoms with Crippen molar-refractivity contribution < 1.29 is 4.79 Å². The van der Waals surface area contributed by atoms with Crippen LogP contribution in [0.4, 0.5) is 0 Å². The van der Waals surface area contributed by atoms with E-state index < -0.39 is 0 Å². The van der Waals surface area contributed by atoms with Crippen molar-refractivity contribution in [2.24, 2.45) is 5.92 Å². The van der Waals surface area contributed by atoms with E-state index in [2.05, 4.69) is 41.5 Å². The number of fused-ring (bicyclic) bond motifs is 1. The molecular formula is C17H24N2O. The summed E-state index contributed by atoms with van der Waals surface area (Å²) in [4.78, 5) is 14.8. The van der Waals surface area contributed by atoms with Gasteiger partial charge in [-0.25, -0.2) is 0 Å². The van der Waals surface area contributed by atoms with Gasteiger partial charge in [-0.1, -0.05) is 24.3 Å². The zero-order valence-electron chi connectivity index (χ0n) is 12.3. The maximum atomic E-state index is 12.5. The maximum Gasteiger partial charge on any atom is 0.224 e. The summed E-state index contributed by atoms with van der Waals surface area (Å²) in [5, 5.41) is 3.30. The van der Waals surface area contributed by atoms with Crippen LogP contribution in [0.2, 0.25) is 0 Å². The molecule has 1 amide bonds. The summed E-state index contributed by atoms with van der Waals surface area (Å²) in [6, 6.07) is 8.77. The van der Waals surface area contributed by atoms with Gasteiger partial charge < -0.3 is 10.2 Å². The first-order chi connectivity index (χ1) is 9.74. The lowest BCUT2D eigenvalue weighted by Gasteiger charge is -2.32. The molecule has 0 aromatic heterocycles. The summed E-state index contributed by atoms with van der Waals surface area (Å²) >= 11 is 0. The Morgan fingerprint density at radius 1 is 1.25 bits per heavy atom. The van der Waals surface area contributed by atoms with Crippen molar-refractivity contribution in [3.8, 4) is 0 Å². The van der Waals surface area contributed by atoms with Crippen molar-refractivity contribution in [3.05, 3.63) is 35.4 Å². The lowest BCUT2D eigenvalue weighted by Crippen LogP contribution is -2.43. The summed E-state index contributed by atoms with van der Waals surface area (Å²) in [6.45, 7) is 2.02. The molecule has 3 heteroatoms. The van der Waals surface area contributed by atoms with E-state index in [1.807, 2.05) is 0 Å². The van der Waals surface area contributed by atoms with Gasteiger partial charge in [0.1, 0.15) is 0 Å². The van der Waals surface area contributed by atoms with E-state index in [9.17, 15) is 4.79 Å². The molecule has 1 N–H and O–H groups in total. The smallest absolute Gasteiger partial charge is 0.224 e. The lowest BCUT2D eigenvalue weighted by molar-refractivity contribution is -0.127. The first-order valence-corrected chi connectivity index (χ1v) is 7.81. The molecule has 1 fully saturated rings. The largest absolute Gasteiger partial charge is 0.349 e. The average Bonchev–Trinajstić information content (AvgIpc) is 2.47. The van der Waals surface area contributed by atoms with Crippen LogP contribution < -0.4 is 5.32 Å². The number of rotatable bonds is 2. The van der Waals surface area contributed by atoms with Gasteiger partial charge in [-0.3, -0.25) is 4.79 Å². The summed E-state index contributed by atoms with van der Waals surface area (Å²) in [6.07, 6.45) is 5.56. The van der Waals surface area contributed by atoms with E-state index in [0.717, 1.165) is 38.8 Å². The van der Waals surface area contributed by atoms with Gasteiger partial charge in [0.25, 0.3) is 0 Å². The van der Waals surface area contributed by atoms with E-state index in [1.165, 1.54) is 17.5 Å². The normalized spacial score (nSPS) is 26.9. The molecule has 0 bridgehead atoms. The van der Waals surface area contributed by atoms with Gasteiger partial charge in [0.15, 0.2) is 0 Å². The van der Waals surface area contributed by atoms with Crippen molar-refractivity contribution >= 4 is 5.91 Å². The molecule has 3 rings (SSSR count). The van der Waals surface area contributed by atoms with Crippen LogP contribution in [-0.2, 0) is 11.2 Å².